The monoisotopic (exact) mass is 700 g/mol. The van der Waals surface area contributed by atoms with Gasteiger partial charge < -0.3 is 0 Å². The van der Waals surface area contributed by atoms with Gasteiger partial charge in [-0.25, -0.2) is 9.97 Å². The lowest BCUT2D eigenvalue weighted by molar-refractivity contribution is 1.33. The van der Waals surface area contributed by atoms with Gasteiger partial charge >= 0.3 is 0 Å². The van der Waals surface area contributed by atoms with E-state index in [4.69, 9.17) is 9.97 Å². The third-order valence-corrected chi connectivity index (χ3v) is 11.3. The summed E-state index contributed by atoms with van der Waals surface area (Å²) in [4.78, 5) is 21.2. The van der Waals surface area contributed by atoms with E-state index in [1.54, 1.807) is 22.7 Å². The maximum absolute atomic E-state index is 5.26. The fraction of sp³-hybridized carbons (Fsp3) is 0. The molecule has 244 valence electrons. The predicted molar refractivity (Wildman–Crippen MR) is 219 cm³/mol. The predicted octanol–water partition coefficient (Wildman–Crippen LogP) is 12.9. The quantitative estimate of drug-likeness (QED) is 0.162. The second-order valence-corrected chi connectivity index (χ2v) is 14.5. The molecule has 4 aromatic heterocycles. The molecule has 6 heteroatoms. The van der Waals surface area contributed by atoms with Crippen molar-refractivity contribution in [3.8, 4) is 65.9 Å². The van der Waals surface area contributed by atoms with Gasteiger partial charge in [-0.05, 0) is 84.9 Å². The minimum Gasteiger partial charge on any atom is -0.252 e. The van der Waals surface area contributed by atoms with E-state index >= 15 is 0 Å². The van der Waals surface area contributed by atoms with Crippen LogP contribution in [0, 0.1) is 0 Å². The number of hydrogen-bond acceptors (Lipinski definition) is 6. The van der Waals surface area contributed by atoms with E-state index < -0.39 is 0 Å². The number of pyridine rings is 2. The molecule has 0 amide bonds. The number of rotatable bonds is 6. The van der Waals surface area contributed by atoms with Gasteiger partial charge in [-0.15, -0.1) is 22.7 Å². The third-order valence-electron chi connectivity index (χ3n) is 9.72. The van der Waals surface area contributed by atoms with Crippen molar-refractivity contribution >= 4 is 55.0 Å². The van der Waals surface area contributed by atoms with Crippen LogP contribution in [0.15, 0.2) is 169 Å². The Balaban J connectivity index is 1.20. The smallest absolute Gasteiger partial charge is 0.0825 e. The topological polar surface area (TPSA) is 51.6 Å². The van der Waals surface area contributed by atoms with Crippen LogP contribution in [0.3, 0.4) is 0 Å². The first-order valence-electron chi connectivity index (χ1n) is 17.1. The van der Waals surface area contributed by atoms with Crippen LogP contribution < -0.4 is 0 Å². The van der Waals surface area contributed by atoms with Gasteiger partial charge in [0.15, 0.2) is 0 Å². The normalized spacial score (nSPS) is 11.5. The molecule has 4 nitrogen and oxygen atoms in total. The van der Waals surface area contributed by atoms with Crippen molar-refractivity contribution in [3.63, 3.8) is 0 Å². The molecule has 0 aliphatic rings. The average molecular weight is 701 g/mol. The van der Waals surface area contributed by atoms with Crippen LogP contribution in [0.5, 0.6) is 0 Å². The first-order chi connectivity index (χ1) is 25.8. The SMILES string of the molecule is c1cc(-c2cncs2)nc(-c2c3ccccc3c(-c3cccc(-c4cncs4)n3)c3cc(-c4ccc(-c5cccc6ccccc56)cc4)ccc23)c1. The van der Waals surface area contributed by atoms with Gasteiger partial charge in [-0.3, -0.25) is 9.97 Å². The molecule has 0 unspecified atom stereocenters. The van der Waals surface area contributed by atoms with Crippen molar-refractivity contribution in [3.05, 3.63) is 169 Å². The number of fused-ring (bicyclic) bond motifs is 3. The summed E-state index contributed by atoms with van der Waals surface area (Å²) in [6, 6.07) is 52.1. The molecule has 0 saturated carbocycles. The van der Waals surface area contributed by atoms with E-state index in [0.717, 1.165) is 76.3 Å². The maximum Gasteiger partial charge on any atom is 0.0825 e. The summed E-state index contributed by atoms with van der Waals surface area (Å²) < 4.78 is 0. The van der Waals surface area contributed by atoms with Crippen molar-refractivity contribution in [1.82, 2.24) is 19.9 Å². The van der Waals surface area contributed by atoms with Crippen LogP contribution in [0.4, 0.5) is 0 Å². The highest BCUT2D eigenvalue weighted by Crippen LogP contribution is 2.45. The number of nitrogens with zero attached hydrogens (tertiary/aromatic N) is 4. The van der Waals surface area contributed by atoms with Gasteiger partial charge in [0.1, 0.15) is 0 Å². The molecule has 0 radical (unpaired) electrons. The Morgan fingerprint density at radius 3 is 1.50 bits per heavy atom. The number of benzene rings is 6. The molecular weight excluding hydrogens is 673 g/mol. The Hall–Kier alpha value is -6.34. The van der Waals surface area contributed by atoms with Crippen molar-refractivity contribution in [2.24, 2.45) is 0 Å². The van der Waals surface area contributed by atoms with Crippen molar-refractivity contribution < 1.29 is 0 Å². The number of aromatic nitrogens is 4. The summed E-state index contributed by atoms with van der Waals surface area (Å²) in [5.74, 6) is 0. The molecule has 0 N–H and O–H groups in total. The lowest BCUT2D eigenvalue weighted by atomic mass is 9.87. The van der Waals surface area contributed by atoms with E-state index in [2.05, 4.69) is 156 Å². The summed E-state index contributed by atoms with van der Waals surface area (Å²) >= 11 is 3.20. The van der Waals surface area contributed by atoms with Crippen LogP contribution >= 0.6 is 22.7 Å². The molecular formula is C46H28N4S2. The first-order valence-corrected chi connectivity index (χ1v) is 18.8. The lowest BCUT2D eigenvalue weighted by Crippen LogP contribution is -1.95. The highest BCUT2D eigenvalue weighted by atomic mass is 32.1. The van der Waals surface area contributed by atoms with E-state index in [1.807, 2.05) is 23.4 Å². The minimum atomic E-state index is 0.917. The van der Waals surface area contributed by atoms with E-state index in [1.165, 1.54) is 21.9 Å². The molecule has 4 heterocycles. The van der Waals surface area contributed by atoms with Crippen LogP contribution in [0.2, 0.25) is 0 Å². The fourth-order valence-corrected chi connectivity index (χ4v) is 8.52. The van der Waals surface area contributed by atoms with Crippen LogP contribution in [0.1, 0.15) is 0 Å². The molecule has 0 bridgehead atoms. The van der Waals surface area contributed by atoms with Crippen LogP contribution in [0.25, 0.3) is 98.2 Å². The molecule has 0 spiro atoms. The van der Waals surface area contributed by atoms with Crippen LogP contribution in [-0.2, 0) is 0 Å². The summed E-state index contributed by atoms with van der Waals surface area (Å²) in [6.07, 6.45) is 3.77. The van der Waals surface area contributed by atoms with Gasteiger partial charge in [-0.1, -0.05) is 115 Å². The Bertz CT molecular complexity index is 2890. The zero-order valence-corrected chi connectivity index (χ0v) is 29.4. The average Bonchev–Trinajstić information content (AvgIpc) is 3.96. The zero-order chi connectivity index (χ0) is 34.4. The standard InChI is InChI=1S/C46H28N4S2/c1-2-10-33-30(8-1)9-5-13-34(33)31-20-18-29(19-21-31)32-22-23-37-38(24-32)46(42-17-7-15-40(50-42)44-26-48-28-52-44)36-12-4-3-11-35(36)45(37)41-16-6-14-39(49-41)43-25-47-27-51-43/h1-28H. The maximum atomic E-state index is 5.26. The number of hydrogen-bond donors (Lipinski definition) is 0. The van der Waals surface area contributed by atoms with Crippen molar-refractivity contribution in [1.29, 1.82) is 0 Å². The summed E-state index contributed by atoms with van der Waals surface area (Å²) in [7, 11) is 0. The molecule has 10 rings (SSSR count). The zero-order valence-electron chi connectivity index (χ0n) is 27.8. The van der Waals surface area contributed by atoms with Gasteiger partial charge in [0, 0.05) is 23.5 Å². The first kappa shape index (κ1) is 30.5. The molecule has 0 fully saturated rings. The second-order valence-electron chi connectivity index (χ2n) is 12.7. The Morgan fingerprint density at radius 2 is 0.865 bits per heavy atom. The highest BCUT2D eigenvalue weighted by molar-refractivity contribution is 7.13. The molecule has 6 aromatic carbocycles. The van der Waals surface area contributed by atoms with Crippen molar-refractivity contribution in [2.75, 3.05) is 0 Å². The minimum absolute atomic E-state index is 0.917. The molecule has 0 atom stereocenters. The number of thiazole rings is 2. The molecule has 0 aliphatic carbocycles. The third kappa shape index (κ3) is 5.28. The Morgan fingerprint density at radius 1 is 0.365 bits per heavy atom. The van der Waals surface area contributed by atoms with E-state index in [-0.39, 0.29) is 0 Å². The molecule has 10 aromatic rings. The largest absolute Gasteiger partial charge is 0.252 e. The summed E-state index contributed by atoms with van der Waals surface area (Å²) in [5, 5.41) is 7.03. The van der Waals surface area contributed by atoms with E-state index in [9.17, 15) is 0 Å². The second kappa shape index (κ2) is 12.8. The van der Waals surface area contributed by atoms with Gasteiger partial charge in [0.25, 0.3) is 0 Å². The Labute approximate surface area is 308 Å². The summed E-state index contributed by atoms with van der Waals surface area (Å²) in [6.45, 7) is 0. The van der Waals surface area contributed by atoms with E-state index in [0.29, 0.717) is 0 Å². The summed E-state index contributed by atoms with van der Waals surface area (Å²) in [5.41, 5.74) is 14.3. The van der Waals surface area contributed by atoms with Gasteiger partial charge in [0.05, 0.1) is 43.6 Å². The molecule has 0 saturated heterocycles. The van der Waals surface area contributed by atoms with Crippen molar-refractivity contribution in [2.45, 2.75) is 0 Å². The van der Waals surface area contributed by atoms with Gasteiger partial charge in [0.2, 0.25) is 0 Å². The lowest BCUT2D eigenvalue weighted by Gasteiger charge is -2.18. The molecule has 0 aliphatic heterocycles. The fourth-order valence-electron chi connectivity index (χ4n) is 7.34. The highest BCUT2D eigenvalue weighted by Gasteiger charge is 2.20. The van der Waals surface area contributed by atoms with Gasteiger partial charge in [-0.2, -0.15) is 0 Å². The van der Waals surface area contributed by atoms with Crippen LogP contribution in [-0.4, -0.2) is 19.9 Å². The molecule has 52 heavy (non-hydrogen) atoms. The Kier molecular flexibility index (Phi) is 7.48.